The summed E-state index contributed by atoms with van der Waals surface area (Å²) < 4.78 is 0.643. The van der Waals surface area contributed by atoms with Crippen LogP contribution < -0.4 is 5.32 Å². The number of carbonyl (C=O) groups is 3. The number of hydrogen-bond acceptors (Lipinski definition) is 3. The van der Waals surface area contributed by atoms with Crippen LogP contribution in [0.15, 0.2) is 28.7 Å². The van der Waals surface area contributed by atoms with E-state index in [9.17, 15) is 14.4 Å². The van der Waals surface area contributed by atoms with Crippen LogP contribution in [0.1, 0.15) is 18.4 Å². The molecule has 2 rings (SSSR count). The second-order valence-electron chi connectivity index (χ2n) is 4.10. The second-order valence-corrected chi connectivity index (χ2v) is 4.95. The largest absolute Gasteiger partial charge is 0.331 e. The van der Waals surface area contributed by atoms with Crippen molar-refractivity contribution in [1.82, 2.24) is 10.2 Å². The van der Waals surface area contributed by atoms with Crippen molar-refractivity contribution in [2.24, 2.45) is 0 Å². The highest BCUT2D eigenvalue weighted by atomic mass is 79.9. The Bertz CT molecular complexity index is 645. The Hall–Kier alpha value is -2.13. The molecule has 1 heterocycles. The molecule has 4 amide bonds. The molecule has 0 aromatic heterocycles. The lowest BCUT2D eigenvalue weighted by molar-refractivity contribution is -0.138. The summed E-state index contributed by atoms with van der Waals surface area (Å²) in [6.07, 6.45) is 0. The summed E-state index contributed by atoms with van der Waals surface area (Å²) in [6.45, 7) is 1.58. The van der Waals surface area contributed by atoms with Gasteiger partial charge in [-0.3, -0.25) is 19.8 Å². The molecule has 0 aliphatic carbocycles. The van der Waals surface area contributed by atoms with Gasteiger partial charge in [0.2, 0.25) is 11.8 Å². The zero-order chi connectivity index (χ0) is 14.7. The van der Waals surface area contributed by atoms with Crippen molar-refractivity contribution in [3.63, 3.8) is 0 Å². The normalized spacial score (nSPS) is 18.4. The Morgan fingerprint density at radius 2 is 2.00 bits per heavy atom. The Balaban J connectivity index is 2.39. The zero-order valence-electron chi connectivity index (χ0n) is 10.6. The van der Waals surface area contributed by atoms with Crippen LogP contribution in [-0.2, 0) is 9.59 Å². The van der Waals surface area contributed by atoms with E-state index in [0.717, 1.165) is 4.90 Å². The number of nitrogens with zero attached hydrogens (tertiary/aromatic N) is 1. The van der Waals surface area contributed by atoms with E-state index in [2.05, 4.69) is 33.1 Å². The molecule has 5 nitrogen and oxygen atoms in total. The maximum absolute atomic E-state index is 12.4. The minimum atomic E-state index is -1.04. The third-order valence-corrected chi connectivity index (χ3v) is 3.60. The minimum Gasteiger partial charge on any atom is -0.277 e. The first-order valence-electron chi connectivity index (χ1n) is 5.86. The fourth-order valence-corrected chi connectivity index (χ4v) is 2.42. The van der Waals surface area contributed by atoms with Gasteiger partial charge in [-0.15, -0.1) is 5.92 Å². The first-order chi connectivity index (χ1) is 9.56. The molecule has 0 spiro atoms. The van der Waals surface area contributed by atoms with Crippen molar-refractivity contribution in [1.29, 1.82) is 0 Å². The van der Waals surface area contributed by atoms with Crippen LogP contribution in [-0.4, -0.2) is 29.3 Å². The predicted molar refractivity (Wildman–Crippen MR) is 75.6 cm³/mol. The number of rotatable bonds is 2. The van der Waals surface area contributed by atoms with Gasteiger partial charge in [0, 0.05) is 4.47 Å². The van der Waals surface area contributed by atoms with Gasteiger partial charge in [-0.25, -0.2) is 4.79 Å². The number of urea groups is 1. The third-order valence-electron chi connectivity index (χ3n) is 2.88. The van der Waals surface area contributed by atoms with Gasteiger partial charge in [-0.1, -0.05) is 40.0 Å². The lowest BCUT2D eigenvalue weighted by Crippen LogP contribution is -2.56. The predicted octanol–water partition coefficient (Wildman–Crippen LogP) is 1.63. The van der Waals surface area contributed by atoms with Crippen molar-refractivity contribution < 1.29 is 14.4 Å². The summed E-state index contributed by atoms with van der Waals surface area (Å²) in [7, 11) is 0. The molecule has 1 aliphatic rings. The number of amides is 4. The molecule has 20 heavy (non-hydrogen) atoms. The monoisotopic (exact) mass is 334 g/mol. The fourth-order valence-electron chi connectivity index (χ4n) is 1.90. The van der Waals surface area contributed by atoms with Gasteiger partial charge < -0.3 is 0 Å². The highest BCUT2D eigenvalue weighted by Gasteiger charge is 2.41. The summed E-state index contributed by atoms with van der Waals surface area (Å²) in [5.74, 6) is 3.05. The fraction of sp³-hybridized carbons (Fsp3) is 0.214. The first kappa shape index (κ1) is 14.3. The molecule has 0 radical (unpaired) electrons. The van der Waals surface area contributed by atoms with Gasteiger partial charge in [0.15, 0.2) is 0 Å². The van der Waals surface area contributed by atoms with Crippen molar-refractivity contribution in [3.8, 4) is 11.8 Å². The number of hydrogen-bond donors (Lipinski definition) is 1. The van der Waals surface area contributed by atoms with Crippen LogP contribution in [0.5, 0.6) is 0 Å². The van der Waals surface area contributed by atoms with E-state index in [1.807, 2.05) is 0 Å². The average molecular weight is 335 g/mol. The molecule has 1 saturated heterocycles. The standard InChI is InChI=1S/C14H11BrN2O3/c1-2-3-8-17-13(19)11(12(18)16-14(17)20)9-6-4-5-7-10(9)15/h4-7,11H,8H2,1H3,(H,16,18,20). The van der Waals surface area contributed by atoms with Crippen molar-refractivity contribution in [2.75, 3.05) is 6.54 Å². The topological polar surface area (TPSA) is 66.5 Å². The lowest BCUT2D eigenvalue weighted by Gasteiger charge is -2.29. The van der Waals surface area contributed by atoms with Crippen LogP contribution in [0, 0.1) is 11.8 Å². The Morgan fingerprint density at radius 3 is 2.65 bits per heavy atom. The number of benzene rings is 1. The molecule has 1 aromatic rings. The van der Waals surface area contributed by atoms with Gasteiger partial charge in [0.1, 0.15) is 5.92 Å². The molecule has 1 N–H and O–H groups in total. The lowest BCUT2D eigenvalue weighted by atomic mass is 9.95. The van der Waals surface area contributed by atoms with Crippen molar-refractivity contribution >= 4 is 33.8 Å². The van der Waals surface area contributed by atoms with E-state index in [0.29, 0.717) is 10.0 Å². The molecular weight excluding hydrogens is 324 g/mol. The second kappa shape index (κ2) is 5.88. The number of imide groups is 2. The van der Waals surface area contributed by atoms with Crippen LogP contribution in [0.25, 0.3) is 0 Å². The summed E-state index contributed by atoms with van der Waals surface area (Å²) in [6, 6.07) is 6.19. The number of halogens is 1. The Kier molecular flexibility index (Phi) is 4.20. The van der Waals surface area contributed by atoms with E-state index in [4.69, 9.17) is 0 Å². The van der Waals surface area contributed by atoms with Gasteiger partial charge in [-0.05, 0) is 18.6 Å². The summed E-state index contributed by atoms with van der Waals surface area (Å²) in [5, 5.41) is 2.18. The molecule has 1 unspecified atom stereocenters. The van der Waals surface area contributed by atoms with Gasteiger partial charge in [0.25, 0.3) is 0 Å². The molecule has 1 aliphatic heterocycles. The molecule has 1 atom stereocenters. The average Bonchev–Trinajstić information content (AvgIpc) is 2.40. The molecule has 0 saturated carbocycles. The van der Waals surface area contributed by atoms with E-state index in [1.165, 1.54) is 0 Å². The maximum Gasteiger partial charge on any atom is 0.331 e. The van der Waals surface area contributed by atoms with Crippen LogP contribution in [0.2, 0.25) is 0 Å². The molecule has 0 bridgehead atoms. The Labute approximate surface area is 124 Å². The highest BCUT2D eigenvalue weighted by Crippen LogP contribution is 2.28. The van der Waals surface area contributed by atoms with Crippen molar-refractivity contribution in [2.45, 2.75) is 12.8 Å². The number of nitrogens with one attached hydrogen (secondary N) is 1. The smallest absolute Gasteiger partial charge is 0.277 e. The van der Waals surface area contributed by atoms with E-state index >= 15 is 0 Å². The number of barbiturate groups is 1. The molecule has 102 valence electrons. The van der Waals surface area contributed by atoms with Crippen LogP contribution in [0.4, 0.5) is 4.79 Å². The zero-order valence-corrected chi connectivity index (χ0v) is 12.2. The molecule has 1 fully saturated rings. The molecule has 6 heteroatoms. The molecule has 1 aromatic carbocycles. The van der Waals surface area contributed by atoms with E-state index < -0.39 is 23.8 Å². The first-order valence-corrected chi connectivity index (χ1v) is 6.65. The van der Waals surface area contributed by atoms with Gasteiger partial charge in [-0.2, -0.15) is 0 Å². The van der Waals surface area contributed by atoms with Crippen LogP contribution >= 0.6 is 15.9 Å². The summed E-state index contributed by atoms with van der Waals surface area (Å²) >= 11 is 3.31. The van der Waals surface area contributed by atoms with E-state index in [-0.39, 0.29) is 6.54 Å². The van der Waals surface area contributed by atoms with Crippen LogP contribution in [0.3, 0.4) is 0 Å². The quantitative estimate of drug-likeness (QED) is 0.660. The SMILES string of the molecule is CC#CCN1C(=O)NC(=O)C(c2ccccc2Br)C1=O. The number of carbonyl (C=O) groups excluding carboxylic acids is 3. The minimum absolute atomic E-state index is 0.0323. The Morgan fingerprint density at radius 1 is 1.30 bits per heavy atom. The highest BCUT2D eigenvalue weighted by molar-refractivity contribution is 9.10. The maximum atomic E-state index is 12.4. The van der Waals surface area contributed by atoms with Crippen molar-refractivity contribution in [3.05, 3.63) is 34.3 Å². The summed E-state index contributed by atoms with van der Waals surface area (Å²) in [5.41, 5.74) is 0.525. The van der Waals surface area contributed by atoms with E-state index in [1.54, 1.807) is 31.2 Å². The molecular formula is C14H11BrN2O3. The third kappa shape index (κ3) is 2.58. The van der Waals surface area contributed by atoms with Gasteiger partial charge in [0.05, 0.1) is 6.54 Å². The summed E-state index contributed by atoms with van der Waals surface area (Å²) in [4.78, 5) is 36.9. The van der Waals surface area contributed by atoms with Gasteiger partial charge >= 0.3 is 6.03 Å².